The molecule has 0 saturated heterocycles. The average Bonchev–Trinajstić information content (AvgIpc) is 2.66. The van der Waals surface area contributed by atoms with Gasteiger partial charge in [0.1, 0.15) is 5.76 Å². The van der Waals surface area contributed by atoms with Gasteiger partial charge >= 0.3 is 0 Å². The van der Waals surface area contributed by atoms with Gasteiger partial charge in [-0.3, -0.25) is 0 Å². The topological polar surface area (TPSA) is 22.4 Å². The van der Waals surface area contributed by atoms with E-state index >= 15 is 0 Å². The molecule has 1 aliphatic carbocycles. The minimum atomic E-state index is 0.179. The van der Waals surface area contributed by atoms with Crippen molar-refractivity contribution in [2.45, 2.75) is 46.1 Å². The molecule has 0 radical (unpaired) electrons. The lowest BCUT2D eigenvalue weighted by Crippen LogP contribution is -2.10. The van der Waals surface area contributed by atoms with E-state index in [2.05, 4.69) is 32.9 Å². The number of ether oxygens (including phenoxy) is 1. The van der Waals surface area contributed by atoms with Crippen LogP contribution in [-0.2, 0) is 17.6 Å². The van der Waals surface area contributed by atoms with E-state index in [0.29, 0.717) is 0 Å². The molecule has 1 aromatic rings. The first-order valence-corrected chi connectivity index (χ1v) is 6.51. The van der Waals surface area contributed by atoms with Gasteiger partial charge in [0.15, 0.2) is 0 Å². The average molecular weight is 246 g/mol. The number of allylic oxidation sites excluding steroid dienone is 2. The van der Waals surface area contributed by atoms with Crippen LogP contribution < -0.4 is 0 Å². The van der Waals surface area contributed by atoms with E-state index in [1.54, 1.807) is 7.11 Å². The van der Waals surface area contributed by atoms with Crippen LogP contribution in [0.1, 0.15) is 37.2 Å². The normalized spacial score (nSPS) is 26.8. The fraction of sp³-hybridized carbons (Fsp3) is 0.500. The molecule has 98 valence electrons. The third-order valence-electron chi connectivity index (χ3n) is 3.58. The van der Waals surface area contributed by atoms with E-state index in [-0.39, 0.29) is 6.10 Å². The molecular formula is C16H22O2. The van der Waals surface area contributed by atoms with E-state index in [4.69, 9.17) is 9.15 Å². The first kappa shape index (κ1) is 13.2. The van der Waals surface area contributed by atoms with E-state index < -0.39 is 0 Å². The molecule has 2 nitrogen and oxygen atoms in total. The quantitative estimate of drug-likeness (QED) is 0.699. The van der Waals surface area contributed by atoms with E-state index in [1.165, 1.54) is 22.3 Å². The molecule has 0 spiro atoms. The first-order valence-electron chi connectivity index (χ1n) is 6.51. The maximum absolute atomic E-state index is 5.68. The van der Waals surface area contributed by atoms with Gasteiger partial charge in [-0.1, -0.05) is 23.3 Å². The predicted molar refractivity (Wildman–Crippen MR) is 73.8 cm³/mol. The van der Waals surface area contributed by atoms with Gasteiger partial charge in [-0.05, 0) is 39.2 Å². The lowest BCUT2D eigenvalue weighted by atomic mass is 9.97. The van der Waals surface area contributed by atoms with Crippen molar-refractivity contribution in [1.82, 2.24) is 0 Å². The third kappa shape index (κ3) is 2.94. The Morgan fingerprint density at radius 1 is 1.22 bits per heavy atom. The first-order chi connectivity index (χ1) is 8.60. The Bertz CT molecular complexity index is 477. The second-order valence-electron chi connectivity index (χ2n) is 5.24. The van der Waals surface area contributed by atoms with Crippen LogP contribution in [-0.4, -0.2) is 13.2 Å². The molecule has 0 N–H and O–H groups in total. The largest absolute Gasteiger partial charge is 0.468 e. The molecular weight excluding hydrogens is 224 g/mol. The minimum absolute atomic E-state index is 0.179. The highest BCUT2D eigenvalue weighted by Crippen LogP contribution is 2.24. The Morgan fingerprint density at radius 2 is 2.00 bits per heavy atom. The summed E-state index contributed by atoms with van der Waals surface area (Å²) in [5, 5.41) is 0. The van der Waals surface area contributed by atoms with Crippen LogP contribution in [0.3, 0.4) is 0 Å². The van der Waals surface area contributed by atoms with Gasteiger partial charge in [0, 0.05) is 19.1 Å². The van der Waals surface area contributed by atoms with Crippen molar-refractivity contribution in [1.29, 1.82) is 0 Å². The predicted octanol–water partition coefficient (Wildman–Crippen LogP) is 3.98. The Morgan fingerprint density at radius 3 is 2.72 bits per heavy atom. The highest BCUT2D eigenvalue weighted by molar-refractivity contribution is 5.33. The lowest BCUT2D eigenvalue weighted by Gasteiger charge is -2.15. The molecule has 1 aromatic heterocycles. The van der Waals surface area contributed by atoms with Crippen molar-refractivity contribution in [2.24, 2.45) is 0 Å². The van der Waals surface area contributed by atoms with Crippen LogP contribution in [0.25, 0.3) is 0 Å². The van der Waals surface area contributed by atoms with Crippen molar-refractivity contribution >= 4 is 0 Å². The molecule has 0 bridgehead atoms. The van der Waals surface area contributed by atoms with E-state index in [0.717, 1.165) is 25.0 Å². The van der Waals surface area contributed by atoms with Gasteiger partial charge in [0.05, 0.1) is 12.4 Å². The van der Waals surface area contributed by atoms with Crippen molar-refractivity contribution < 1.29 is 9.15 Å². The summed E-state index contributed by atoms with van der Waals surface area (Å²) in [4.78, 5) is 0. The molecule has 1 aliphatic rings. The SMILES string of the molecule is CO[C@H]1/C=C(\C)Cc2occ(C)c2C/C=C(\C)C1. The molecule has 0 aliphatic heterocycles. The van der Waals surface area contributed by atoms with Gasteiger partial charge in [-0.25, -0.2) is 0 Å². The Hall–Kier alpha value is -1.28. The standard InChI is InChI=1S/C16H22O2/c1-11-5-6-15-13(3)10-18-16(15)9-12(2)8-14(7-11)17-4/h5,8,10,14H,6-7,9H2,1-4H3/b11-5+,12-8+/t14-/m1/s1. The molecule has 18 heavy (non-hydrogen) atoms. The summed E-state index contributed by atoms with van der Waals surface area (Å²) < 4.78 is 11.2. The summed E-state index contributed by atoms with van der Waals surface area (Å²) in [6.07, 6.45) is 9.38. The summed E-state index contributed by atoms with van der Waals surface area (Å²) >= 11 is 0. The van der Waals surface area contributed by atoms with Crippen LogP contribution in [0, 0.1) is 6.92 Å². The summed E-state index contributed by atoms with van der Waals surface area (Å²) in [5.74, 6) is 1.10. The van der Waals surface area contributed by atoms with Crippen LogP contribution in [0.5, 0.6) is 0 Å². The smallest absolute Gasteiger partial charge is 0.111 e. The monoisotopic (exact) mass is 246 g/mol. The van der Waals surface area contributed by atoms with Gasteiger partial charge in [0.25, 0.3) is 0 Å². The van der Waals surface area contributed by atoms with Gasteiger partial charge in [0.2, 0.25) is 0 Å². The van der Waals surface area contributed by atoms with Crippen molar-refractivity contribution in [3.05, 3.63) is 46.4 Å². The minimum Gasteiger partial charge on any atom is -0.468 e. The van der Waals surface area contributed by atoms with E-state index in [9.17, 15) is 0 Å². The van der Waals surface area contributed by atoms with E-state index in [1.807, 2.05) is 6.26 Å². The second kappa shape index (κ2) is 5.57. The zero-order valence-electron chi connectivity index (χ0n) is 11.7. The van der Waals surface area contributed by atoms with Gasteiger partial charge in [-0.15, -0.1) is 0 Å². The molecule has 1 atom stereocenters. The van der Waals surface area contributed by atoms with Crippen LogP contribution in [0.15, 0.2) is 34.0 Å². The van der Waals surface area contributed by atoms with Crippen molar-refractivity contribution in [3.63, 3.8) is 0 Å². The molecule has 0 fully saturated rings. The zero-order valence-corrected chi connectivity index (χ0v) is 11.7. The Labute approximate surface area is 109 Å². The lowest BCUT2D eigenvalue weighted by molar-refractivity contribution is 0.140. The fourth-order valence-corrected chi connectivity index (χ4v) is 2.46. The van der Waals surface area contributed by atoms with Crippen LogP contribution >= 0.6 is 0 Å². The summed E-state index contributed by atoms with van der Waals surface area (Å²) in [6, 6.07) is 0. The maximum Gasteiger partial charge on any atom is 0.111 e. The fourth-order valence-electron chi connectivity index (χ4n) is 2.46. The second-order valence-corrected chi connectivity index (χ2v) is 5.24. The van der Waals surface area contributed by atoms with Crippen LogP contribution in [0.4, 0.5) is 0 Å². The molecule has 1 heterocycles. The van der Waals surface area contributed by atoms with Gasteiger partial charge in [-0.2, -0.15) is 0 Å². The molecule has 0 amide bonds. The molecule has 2 heteroatoms. The van der Waals surface area contributed by atoms with Crippen molar-refractivity contribution in [2.75, 3.05) is 7.11 Å². The van der Waals surface area contributed by atoms with Crippen molar-refractivity contribution in [3.8, 4) is 0 Å². The molecule has 0 aromatic carbocycles. The highest BCUT2D eigenvalue weighted by atomic mass is 16.5. The number of fused-ring (bicyclic) bond motifs is 1. The molecule has 0 saturated carbocycles. The summed E-state index contributed by atoms with van der Waals surface area (Å²) in [6.45, 7) is 6.44. The number of aryl methyl sites for hydroxylation is 1. The summed E-state index contributed by atoms with van der Waals surface area (Å²) in [5.41, 5.74) is 5.29. The van der Waals surface area contributed by atoms with Gasteiger partial charge < -0.3 is 9.15 Å². The maximum atomic E-state index is 5.68. The third-order valence-corrected chi connectivity index (χ3v) is 3.58. The Kier molecular flexibility index (Phi) is 4.07. The summed E-state index contributed by atoms with van der Waals surface area (Å²) in [7, 11) is 1.77. The number of rotatable bonds is 1. The zero-order chi connectivity index (χ0) is 13.1. The molecule has 2 rings (SSSR count). The van der Waals surface area contributed by atoms with Crippen LogP contribution in [0.2, 0.25) is 0 Å². The number of hydrogen-bond donors (Lipinski definition) is 0. The Balaban J connectivity index is 2.37. The number of hydrogen-bond acceptors (Lipinski definition) is 2. The number of furan rings is 1. The molecule has 0 unspecified atom stereocenters. The highest BCUT2D eigenvalue weighted by Gasteiger charge is 2.14. The number of methoxy groups -OCH3 is 1.